The average molecular weight is 252 g/mol. The quantitative estimate of drug-likeness (QED) is 0.488. The minimum atomic E-state index is -4.02. The van der Waals surface area contributed by atoms with Gasteiger partial charge in [0.25, 0.3) is 10.1 Å². The highest BCUT2D eigenvalue weighted by molar-refractivity contribution is 7.86. The van der Waals surface area contributed by atoms with Gasteiger partial charge in [-0.15, -0.1) is 0 Å². The van der Waals surface area contributed by atoms with E-state index in [1.54, 1.807) is 0 Å². The maximum atomic E-state index is 11.1. The molecule has 0 aliphatic carbocycles. The normalized spacial score (nSPS) is 16.0. The Bertz CT molecular complexity index is 261. The van der Waals surface area contributed by atoms with Crippen LogP contribution in [0.15, 0.2) is 0 Å². The zero-order valence-corrected chi connectivity index (χ0v) is 11.0. The summed E-state index contributed by atoms with van der Waals surface area (Å²) in [6.07, 6.45) is 4.10. The number of hydrogen-bond acceptors (Lipinski definition) is 3. The first-order chi connectivity index (χ1) is 7.41. The van der Waals surface area contributed by atoms with Crippen LogP contribution < -0.4 is 0 Å². The van der Waals surface area contributed by atoms with Gasteiger partial charge in [0.2, 0.25) is 0 Å². The first-order valence-corrected chi connectivity index (χ1v) is 7.56. The van der Waals surface area contributed by atoms with Crippen molar-refractivity contribution in [1.82, 2.24) is 0 Å². The lowest BCUT2D eigenvalue weighted by Crippen LogP contribution is -2.26. The fraction of sp³-hybridized carbons (Fsp3) is 1.00. The Balaban J connectivity index is 4.22. The molecule has 4 nitrogen and oxygen atoms in total. The summed E-state index contributed by atoms with van der Waals surface area (Å²) in [5.41, 5.74) is 0. The predicted molar refractivity (Wildman–Crippen MR) is 65.0 cm³/mol. The standard InChI is InChI=1S/C11H24O4S/c1-3-5-6-8-11(16(13,14)15)9-10(12)7-4-2/h10-12H,3-9H2,1-2H3,(H,13,14,15). The highest BCUT2D eigenvalue weighted by Crippen LogP contribution is 2.17. The molecule has 0 aliphatic rings. The van der Waals surface area contributed by atoms with Gasteiger partial charge in [0.1, 0.15) is 0 Å². The van der Waals surface area contributed by atoms with Crippen molar-refractivity contribution >= 4 is 10.1 Å². The molecule has 2 atom stereocenters. The van der Waals surface area contributed by atoms with Crippen LogP contribution in [0.2, 0.25) is 0 Å². The summed E-state index contributed by atoms with van der Waals surface area (Å²) in [4.78, 5) is 0. The summed E-state index contributed by atoms with van der Waals surface area (Å²) in [5, 5.41) is 8.76. The van der Waals surface area contributed by atoms with Crippen LogP contribution in [-0.4, -0.2) is 29.4 Å². The van der Waals surface area contributed by atoms with E-state index in [4.69, 9.17) is 4.55 Å². The summed E-state index contributed by atoms with van der Waals surface area (Å²) in [7, 11) is -4.02. The molecule has 0 saturated carbocycles. The lowest BCUT2D eigenvalue weighted by atomic mass is 10.0. The zero-order chi connectivity index (χ0) is 12.6. The molecule has 0 radical (unpaired) electrons. The van der Waals surface area contributed by atoms with Crippen LogP contribution in [0, 0.1) is 0 Å². The van der Waals surface area contributed by atoms with Gasteiger partial charge >= 0.3 is 0 Å². The second-order valence-electron chi connectivity index (χ2n) is 4.31. The van der Waals surface area contributed by atoms with Crippen LogP contribution in [0.4, 0.5) is 0 Å². The molecule has 0 rings (SSSR count). The molecule has 0 heterocycles. The largest absolute Gasteiger partial charge is 0.393 e. The Kier molecular flexibility index (Phi) is 7.97. The van der Waals surface area contributed by atoms with Gasteiger partial charge in [-0.2, -0.15) is 8.42 Å². The summed E-state index contributed by atoms with van der Waals surface area (Å²) < 4.78 is 31.3. The van der Waals surface area contributed by atoms with E-state index >= 15 is 0 Å². The van der Waals surface area contributed by atoms with Gasteiger partial charge in [0, 0.05) is 0 Å². The molecule has 0 saturated heterocycles. The van der Waals surface area contributed by atoms with E-state index in [0.29, 0.717) is 12.8 Å². The Hall–Kier alpha value is -0.130. The van der Waals surface area contributed by atoms with E-state index < -0.39 is 21.5 Å². The van der Waals surface area contributed by atoms with Crippen LogP contribution in [0.25, 0.3) is 0 Å². The third kappa shape index (κ3) is 7.19. The summed E-state index contributed by atoms with van der Waals surface area (Å²) in [5.74, 6) is 0. The molecule has 2 unspecified atom stereocenters. The molecule has 0 spiro atoms. The summed E-state index contributed by atoms with van der Waals surface area (Å²) in [6.45, 7) is 3.97. The highest BCUT2D eigenvalue weighted by Gasteiger charge is 2.25. The minimum Gasteiger partial charge on any atom is -0.393 e. The fourth-order valence-corrected chi connectivity index (χ4v) is 2.69. The SMILES string of the molecule is CCCCCC(CC(O)CCC)S(=O)(=O)O. The topological polar surface area (TPSA) is 74.6 Å². The van der Waals surface area contributed by atoms with Crippen LogP contribution >= 0.6 is 0 Å². The van der Waals surface area contributed by atoms with Crippen molar-refractivity contribution in [2.45, 2.75) is 70.1 Å². The van der Waals surface area contributed by atoms with E-state index in [1.165, 1.54) is 0 Å². The lowest BCUT2D eigenvalue weighted by Gasteiger charge is -2.17. The second kappa shape index (κ2) is 8.03. The molecule has 0 bridgehead atoms. The molecular weight excluding hydrogens is 228 g/mol. The highest BCUT2D eigenvalue weighted by atomic mass is 32.2. The second-order valence-corrected chi connectivity index (χ2v) is 6.01. The van der Waals surface area contributed by atoms with Gasteiger partial charge in [0.05, 0.1) is 11.4 Å². The Morgan fingerprint density at radius 3 is 2.12 bits per heavy atom. The molecule has 16 heavy (non-hydrogen) atoms. The smallest absolute Gasteiger partial charge is 0.267 e. The van der Waals surface area contributed by atoms with Gasteiger partial charge < -0.3 is 5.11 Å². The molecule has 5 heteroatoms. The van der Waals surface area contributed by atoms with E-state index in [1.807, 2.05) is 13.8 Å². The molecule has 0 amide bonds. The average Bonchev–Trinajstić information content (AvgIpc) is 2.15. The van der Waals surface area contributed by atoms with Crippen molar-refractivity contribution < 1.29 is 18.1 Å². The molecule has 0 aromatic carbocycles. The van der Waals surface area contributed by atoms with E-state index in [2.05, 4.69) is 0 Å². The van der Waals surface area contributed by atoms with Crippen molar-refractivity contribution in [3.63, 3.8) is 0 Å². The molecule has 98 valence electrons. The number of rotatable bonds is 9. The Morgan fingerprint density at radius 2 is 1.69 bits per heavy atom. The molecule has 0 aromatic heterocycles. The van der Waals surface area contributed by atoms with Gasteiger partial charge in [0.15, 0.2) is 0 Å². The third-order valence-electron chi connectivity index (χ3n) is 2.71. The Morgan fingerprint density at radius 1 is 1.06 bits per heavy atom. The van der Waals surface area contributed by atoms with Crippen LogP contribution in [0.5, 0.6) is 0 Å². The van der Waals surface area contributed by atoms with Gasteiger partial charge in [-0.1, -0.05) is 39.5 Å². The van der Waals surface area contributed by atoms with E-state index in [9.17, 15) is 13.5 Å². The lowest BCUT2D eigenvalue weighted by molar-refractivity contribution is 0.149. The van der Waals surface area contributed by atoms with Crippen molar-refractivity contribution in [3.05, 3.63) is 0 Å². The van der Waals surface area contributed by atoms with Crippen molar-refractivity contribution in [3.8, 4) is 0 Å². The number of unbranched alkanes of at least 4 members (excludes halogenated alkanes) is 2. The predicted octanol–water partition coefficient (Wildman–Crippen LogP) is 2.37. The van der Waals surface area contributed by atoms with Gasteiger partial charge in [-0.05, 0) is 19.3 Å². The molecule has 0 aliphatic heterocycles. The number of aliphatic hydroxyl groups excluding tert-OH is 1. The molecular formula is C11H24O4S. The first kappa shape index (κ1) is 15.9. The number of hydrogen-bond donors (Lipinski definition) is 2. The van der Waals surface area contributed by atoms with E-state index in [-0.39, 0.29) is 6.42 Å². The van der Waals surface area contributed by atoms with Gasteiger partial charge in [-0.25, -0.2) is 0 Å². The van der Waals surface area contributed by atoms with Crippen molar-refractivity contribution in [1.29, 1.82) is 0 Å². The minimum absolute atomic E-state index is 0.149. The Labute approximate surface area is 98.8 Å². The molecule has 2 N–H and O–H groups in total. The summed E-state index contributed by atoms with van der Waals surface area (Å²) in [6, 6.07) is 0. The monoisotopic (exact) mass is 252 g/mol. The van der Waals surface area contributed by atoms with Crippen LogP contribution in [0.1, 0.15) is 58.8 Å². The van der Waals surface area contributed by atoms with Gasteiger partial charge in [-0.3, -0.25) is 4.55 Å². The maximum Gasteiger partial charge on any atom is 0.267 e. The third-order valence-corrected chi connectivity index (χ3v) is 3.98. The van der Waals surface area contributed by atoms with Crippen molar-refractivity contribution in [2.75, 3.05) is 0 Å². The van der Waals surface area contributed by atoms with Crippen molar-refractivity contribution in [2.24, 2.45) is 0 Å². The van der Waals surface area contributed by atoms with E-state index in [0.717, 1.165) is 25.7 Å². The van der Waals surface area contributed by atoms with Crippen LogP contribution in [-0.2, 0) is 10.1 Å². The maximum absolute atomic E-state index is 11.1. The summed E-state index contributed by atoms with van der Waals surface area (Å²) >= 11 is 0. The molecule has 0 fully saturated rings. The zero-order valence-electron chi connectivity index (χ0n) is 10.2. The first-order valence-electron chi connectivity index (χ1n) is 6.06. The number of aliphatic hydroxyl groups is 1. The fourth-order valence-electron chi connectivity index (χ4n) is 1.76. The van der Waals surface area contributed by atoms with Crippen LogP contribution in [0.3, 0.4) is 0 Å². The molecule has 0 aromatic rings.